The fraction of sp³-hybridized carbons (Fsp3) is 0.417. The van der Waals surface area contributed by atoms with Crippen molar-refractivity contribution in [3.8, 4) is 0 Å². The molecule has 1 aromatic rings. The molecule has 1 saturated heterocycles. The zero-order chi connectivity index (χ0) is 13.7. The maximum atomic E-state index is 11.8. The monoisotopic (exact) mass is 266 g/mol. The number of rotatable bonds is 4. The molecular weight excluding hydrogens is 252 g/mol. The molecule has 0 aromatic carbocycles. The fourth-order valence-corrected chi connectivity index (χ4v) is 1.63. The van der Waals surface area contributed by atoms with Crippen molar-refractivity contribution in [2.24, 2.45) is 0 Å². The van der Waals surface area contributed by atoms with Crippen LogP contribution >= 0.6 is 0 Å². The normalized spacial score (nSPS) is 18.8. The minimum absolute atomic E-state index is 0.0663. The van der Waals surface area contributed by atoms with Gasteiger partial charge in [0, 0.05) is 6.54 Å². The highest BCUT2D eigenvalue weighted by atomic mass is 16.6. The number of amides is 1. The molecule has 1 aliphatic heterocycles. The van der Waals surface area contributed by atoms with E-state index in [1.165, 1.54) is 18.2 Å². The first-order chi connectivity index (χ1) is 9.16. The van der Waals surface area contributed by atoms with Crippen LogP contribution in [0.5, 0.6) is 0 Å². The minimum atomic E-state index is -1.17. The third-order valence-electron chi connectivity index (χ3n) is 2.58. The highest BCUT2D eigenvalue weighted by molar-refractivity contribution is 5.94. The summed E-state index contributed by atoms with van der Waals surface area (Å²) in [4.78, 5) is 26.3. The van der Waals surface area contributed by atoms with E-state index in [9.17, 15) is 9.59 Å². The summed E-state index contributed by atoms with van der Waals surface area (Å²) in [7, 11) is 0. The van der Waals surface area contributed by atoms with Gasteiger partial charge in [0.15, 0.2) is 0 Å². The lowest BCUT2D eigenvalue weighted by Crippen LogP contribution is -2.40. The SMILES string of the molecule is O=C(O)c1cccc(C(=O)NCC2COCCO2)n1. The van der Waals surface area contributed by atoms with E-state index in [4.69, 9.17) is 14.6 Å². The van der Waals surface area contributed by atoms with Gasteiger partial charge in [0.1, 0.15) is 11.4 Å². The molecule has 0 bridgehead atoms. The van der Waals surface area contributed by atoms with Gasteiger partial charge < -0.3 is 19.9 Å². The Morgan fingerprint density at radius 2 is 2.16 bits per heavy atom. The number of aromatic nitrogens is 1. The van der Waals surface area contributed by atoms with Crippen molar-refractivity contribution in [2.45, 2.75) is 6.10 Å². The first-order valence-electron chi connectivity index (χ1n) is 5.84. The maximum absolute atomic E-state index is 11.8. The van der Waals surface area contributed by atoms with E-state index in [0.29, 0.717) is 26.4 Å². The largest absolute Gasteiger partial charge is 0.477 e. The van der Waals surface area contributed by atoms with Gasteiger partial charge in [0.2, 0.25) is 0 Å². The van der Waals surface area contributed by atoms with E-state index >= 15 is 0 Å². The Kier molecular flexibility index (Phi) is 4.43. The molecule has 7 nitrogen and oxygen atoms in total. The lowest BCUT2D eigenvalue weighted by atomic mass is 10.2. The molecule has 1 unspecified atom stereocenters. The highest BCUT2D eigenvalue weighted by Gasteiger charge is 2.17. The number of hydrogen-bond donors (Lipinski definition) is 2. The zero-order valence-corrected chi connectivity index (χ0v) is 10.2. The topological polar surface area (TPSA) is 97.8 Å². The van der Waals surface area contributed by atoms with Gasteiger partial charge in [-0.3, -0.25) is 4.79 Å². The fourth-order valence-electron chi connectivity index (χ4n) is 1.63. The Labute approximate surface area is 109 Å². The second kappa shape index (κ2) is 6.26. The molecule has 2 N–H and O–H groups in total. The van der Waals surface area contributed by atoms with E-state index in [-0.39, 0.29) is 17.5 Å². The summed E-state index contributed by atoms with van der Waals surface area (Å²) in [6.07, 6.45) is -0.180. The lowest BCUT2D eigenvalue weighted by molar-refractivity contribution is -0.0855. The molecule has 2 heterocycles. The number of carboxylic acid groups (broad SMARTS) is 1. The second-order valence-corrected chi connectivity index (χ2v) is 3.99. The molecule has 102 valence electrons. The molecule has 0 saturated carbocycles. The summed E-state index contributed by atoms with van der Waals surface area (Å²) in [6, 6.07) is 4.27. The first kappa shape index (κ1) is 13.4. The molecule has 1 amide bonds. The summed E-state index contributed by atoms with van der Waals surface area (Å²) >= 11 is 0. The van der Waals surface area contributed by atoms with E-state index in [1.807, 2.05) is 0 Å². The van der Waals surface area contributed by atoms with Crippen LogP contribution in [0.3, 0.4) is 0 Å². The summed E-state index contributed by atoms with van der Waals surface area (Å²) < 4.78 is 10.6. The average Bonchev–Trinajstić information content (AvgIpc) is 2.46. The minimum Gasteiger partial charge on any atom is -0.477 e. The molecule has 2 rings (SSSR count). The molecule has 1 atom stereocenters. The van der Waals surface area contributed by atoms with Crippen LogP contribution in [0.1, 0.15) is 21.0 Å². The Morgan fingerprint density at radius 1 is 1.37 bits per heavy atom. The van der Waals surface area contributed by atoms with E-state index in [0.717, 1.165) is 0 Å². The van der Waals surface area contributed by atoms with Crippen LogP contribution < -0.4 is 5.32 Å². The zero-order valence-electron chi connectivity index (χ0n) is 10.2. The van der Waals surface area contributed by atoms with E-state index < -0.39 is 11.9 Å². The summed E-state index contributed by atoms with van der Waals surface area (Å²) in [5.74, 6) is -1.60. The maximum Gasteiger partial charge on any atom is 0.354 e. The summed E-state index contributed by atoms with van der Waals surface area (Å²) in [5.41, 5.74) is -0.0958. The highest BCUT2D eigenvalue weighted by Crippen LogP contribution is 2.02. The summed E-state index contributed by atoms with van der Waals surface area (Å²) in [5, 5.41) is 11.4. The van der Waals surface area contributed by atoms with Crippen molar-refractivity contribution >= 4 is 11.9 Å². The van der Waals surface area contributed by atoms with Gasteiger partial charge in [-0.05, 0) is 12.1 Å². The van der Waals surface area contributed by atoms with Crippen LogP contribution in [0, 0.1) is 0 Å². The number of nitrogens with zero attached hydrogens (tertiary/aromatic N) is 1. The van der Waals surface area contributed by atoms with Gasteiger partial charge >= 0.3 is 5.97 Å². The molecule has 1 aromatic heterocycles. The average molecular weight is 266 g/mol. The molecule has 1 fully saturated rings. The number of nitrogens with one attached hydrogen (secondary N) is 1. The van der Waals surface area contributed by atoms with Crippen molar-refractivity contribution in [3.63, 3.8) is 0 Å². The quantitative estimate of drug-likeness (QED) is 0.791. The Hall–Kier alpha value is -1.99. The van der Waals surface area contributed by atoms with Gasteiger partial charge in [0.05, 0.1) is 25.9 Å². The van der Waals surface area contributed by atoms with Crippen LogP contribution in [0.4, 0.5) is 0 Å². The lowest BCUT2D eigenvalue weighted by Gasteiger charge is -2.22. The van der Waals surface area contributed by atoms with Crippen LogP contribution in [0.25, 0.3) is 0 Å². The molecule has 19 heavy (non-hydrogen) atoms. The van der Waals surface area contributed by atoms with Crippen LogP contribution in [0.2, 0.25) is 0 Å². The molecule has 0 aliphatic carbocycles. The second-order valence-electron chi connectivity index (χ2n) is 3.99. The summed E-state index contributed by atoms with van der Waals surface area (Å²) in [6.45, 7) is 1.81. The van der Waals surface area contributed by atoms with E-state index in [2.05, 4.69) is 10.3 Å². The standard InChI is InChI=1S/C12H14N2O5/c15-11(13-6-8-7-18-4-5-19-8)9-2-1-3-10(14-9)12(16)17/h1-3,8H,4-7H2,(H,13,15)(H,16,17). The van der Waals surface area contributed by atoms with Gasteiger partial charge in [-0.2, -0.15) is 0 Å². The van der Waals surface area contributed by atoms with Gasteiger partial charge in [-0.25, -0.2) is 9.78 Å². The third-order valence-corrected chi connectivity index (χ3v) is 2.58. The van der Waals surface area contributed by atoms with Crippen LogP contribution in [-0.2, 0) is 9.47 Å². The molecule has 0 radical (unpaired) electrons. The molecule has 1 aliphatic rings. The number of carboxylic acids is 1. The number of carbonyl (C=O) groups excluding carboxylic acids is 1. The molecule has 7 heteroatoms. The van der Waals surface area contributed by atoms with E-state index in [1.54, 1.807) is 0 Å². The Bertz CT molecular complexity index is 471. The van der Waals surface area contributed by atoms with Gasteiger partial charge in [-0.1, -0.05) is 6.07 Å². The van der Waals surface area contributed by atoms with Crippen molar-refractivity contribution in [1.29, 1.82) is 0 Å². The smallest absolute Gasteiger partial charge is 0.354 e. The van der Waals surface area contributed by atoms with Gasteiger partial charge in [0.25, 0.3) is 5.91 Å². The van der Waals surface area contributed by atoms with Crippen molar-refractivity contribution < 1.29 is 24.2 Å². The predicted octanol–water partition coefficient (Wildman–Crippen LogP) is -0.0750. The predicted molar refractivity (Wildman–Crippen MR) is 64.1 cm³/mol. The van der Waals surface area contributed by atoms with Crippen molar-refractivity contribution in [3.05, 3.63) is 29.6 Å². The first-order valence-corrected chi connectivity index (χ1v) is 5.84. The number of aromatic carboxylic acids is 1. The van der Waals surface area contributed by atoms with Crippen molar-refractivity contribution in [2.75, 3.05) is 26.4 Å². The molecule has 0 spiro atoms. The Morgan fingerprint density at radius 3 is 2.84 bits per heavy atom. The number of carbonyl (C=O) groups is 2. The van der Waals surface area contributed by atoms with Crippen LogP contribution in [0.15, 0.2) is 18.2 Å². The molecular formula is C12H14N2O5. The number of pyridine rings is 1. The van der Waals surface area contributed by atoms with Crippen LogP contribution in [-0.4, -0.2) is 54.4 Å². The number of ether oxygens (including phenoxy) is 2. The third kappa shape index (κ3) is 3.73. The Balaban J connectivity index is 1.92. The number of hydrogen-bond acceptors (Lipinski definition) is 5. The van der Waals surface area contributed by atoms with Crippen molar-refractivity contribution in [1.82, 2.24) is 10.3 Å². The van der Waals surface area contributed by atoms with Gasteiger partial charge in [-0.15, -0.1) is 0 Å².